The third-order valence-electron chi connectivity index (χ3n) is 4.96. The number of halogens is 1. The molecule has 0 saturated heterocycles. The Morgan fingerprint density at radius 3 is 1.81 bits per heavy atom. The Morgan fingerprint density at radius 2 is 1.25 bits per heavy atom. The van der Waals surface area contributed by atoms with Gasteiger partial charge in [0, 0.05) is 31.2 Å². The fraction of sp³-hybridized carbons (Fsp3) is 0.0833. The van der Waals surface area contributed by atoms with E-state index in [1.54, 1.807) is 4.90 Å². The molecule has 5 rings (SSSR count). The van der Waals surface area contributed by atoms with Crippen molar-refractivity contribution in [1.82, 2.24) is 25.0 Å². The van der Waals surface area contributed by atoms with Crippen LogP contribution in [-0.4, -0.2) is 39.1 Å². The van der Waals surface area contributed by atoms with Crippen molar-refractivity contribution in [2.24, 2.45) is 0 Å². The maximum absolute atomic E-state index is 6.31. The Balaban J connectivity index is 1.54. The molecule has 0 saturated carbocycles. The molecule has 0 aliphatic rings. The first-order chi connectivity index (χ1) is 15.6. The quantitative estimate of drug-likeness (QED) is 0.340. The van der Waals surface area contributed by atoms with Gasteiger partial charge in [-0.3, -0.25) is 0 Å². The van der Waals surface area contributed by atoms with Gasteiger partial charge in [0.15, 0.2) is 10.7 Å². The molecular weight excluding hydrogens is 422 g/mol. The van der Waals surface area contributed by atoms with E-state index in [0.717, 1.165) is 22.7 Å². The molecule has 7 nitrogen and oxygen atoms in total. The highest BCUT2D eigenvalue weighted by Gasteiger charge is 2.15. The zero-order valence-corrected chi connectivity index (χ0v) is 18.3. The summed E-state index contributed by atoms with van der Waals surface area (Å²) in [5.41, 5.74) is 4.90. The first-order valence-electron chi connectivity index (χ1n) is 10.1. The Morgan fingerprint density at radius 1 is 0.688 bits per heavy atom. The zero-order chi connectivity index (χ0) is 22.1. The minimum absolute atomic E-state index is 0.279. The van der Waals surface area contributed by atoms with E-state index in [2.05, 4.69) is 49.3 Å². The van der Waals surface area contributed by atoms with Crippen molar-refractivity contribution in [3.05, 3.63) is 90.1 Å². The summed E-state index contributed by atoms with van der Waals surface area (Å²) in [5.74, 6) is 0.492. The van der Waals surface area contributed by atoms with Gasteiger partial charge in [-0.05, 0) is 48.5 Å². The molecule has 0 fully saturated rings. The van der Waals surface area contributed by atoms with Gasteiger partial charge in [-0.1, -0.05) is 48.0 Å². The first-order valence-corrected chi connectivity index (χ1v) is 10.5. The largest absolute Gasteiger partial charge is 0.347 e. The third kappa shape index (κ3) is 3.74. The lowest BCUT2D eigenvalue weighted by molar-refractivity contribution is 0.763. The van der Waals surface area contributed by atoms with Gasteiger partial charge in [0.1, 0.15) is 0 Å². The highest BCUT2D eigenvalue weighted by atomic mass is 35.5. The van der Waals surface area contributed by atoms with E-state index in [9.17, 15) is 0 Å². The second-order valence-electron chi connectivity index (χ2n) is 7.39. The van der Waals surface area contributed by atoms with Crippen LogP contribution in [0.1, 0.15) is 0 Å². The molecule has 8 heteroatoms. The number of hydrogen-bond donors (Lipinski definition) is 0. The van der Waals surface area contributed by atoms with E-state index in [4.69, 9.17) is 11.6 Å². The van der Waals surface area contributed by atoms with E-state index >= 15 is 0 Å². The number of benzene rings is 3. The molecule has 0 radical (unpaired) electrons. The van der Waals surface area contributed by atoms with E-state index in [-0.39, 0.29) is 5.15 Å². The number of aromatic nitrogens is 5. The molecule has 3 aromatic carbocycles. The molecular formula is C24H20ClN7. The molecule has 2 aromatic heterocycles. The van der Waals surface area contributed by atoms with Crippen LogP contribution in [0.2, 0.25) is 5.15 Å². The number of anilines is 4. The maximum atomic E-state index is 6.31. The van der Waals surface area contributed by atoms with Crippen molar-refractivity contribution < 1.29 is 0 Å². The van der Waals surface area contributed by atoms with Crippen LogP contribution in [0.5, 0.6) is 0 Å². The lowest BCUT2D eigenvalue weighted by Gasteiger charge is -2.25. The highest BCUT2D eigenvalue weighted by molar-refractivity contribution is 6.33. The van der Waals surface area contributed by atoms with Gasteiger partial charge in [0.25, 0.3) is 0 Å². The van der Waals surface area contributed by atoms with Crippen molar-refractivity contribution in [2.75, 3.05) is 23.9 Å². The second-order valence-corrected chi connectivity index (χ2v) is 7.75. The third-order valence-corrected chi connectivity index (χ3v) is 5.23. The summed E-state index contributed by atoms with van der Waals surface area (Å²) >= 11 is 6.31. The molecule has 0 spiro atoms. The zero-order valence-electron chi connectivity index (χ0n) is 17.6. The van der Waals surface area contributed by atoms with E-state index in [1.165, 1.54) is 4.80 Å². The van der Waals surface area contributed by atoms with Crippen molar-refractivity contribution in [3.63, 3.8) is 0 Å². The van der Waals surface area contributed by atoms with Gasteiger partial charge < -0.3 is 9.80 Å². The molecule has 158 valence electrons. The number of para-hydroxylation sites is 2. The summed E-state index contributed by atoms with van der Waals surface area (Å²) in [7, 11) is 3.71. The number of fused-ring (bicyclic) bond motifs is 1. The molecule has 0 aliphatic carbocycles. The number of hydrogen-bond acceptors (Lipinski definition) is 6. The lowest BCUT2D eigenvalue weighted by atomic mass is 10.2. The predicted octanol–water partition coefficient (Wildman–Crippen LogP) is 5.40. The van der Waals surface area contributed by atoms with Crippen LogP contribution in [0.4, 0.5) is 23.0 Å². The fourth-order valence-corrected chi connectivity index (χ4v) is 3.62. The minimum Gasteiger partial charge on any atom is -0.347 e. The van der Waals surface area contributed by atoms with Crippen molar-refractivity contribution in [3.8, 4) is 5.69 Å². The molecule has 2 heterocycles. The second kappa shape index (κ2) is 8.28. The SMILES string of the molecule is CN(C)c1nc(Cl)c2nn(-c3ccc(N(c4ccccc4)c4ccccc4)cc3)nc2n1. The molecule has 0 unspecified atom stereocenters. The van der Waals surface area contributed by atoms with Gasteiger partial charge in [0.2, 0.25) is 11.6 Å². The van der Waals surface area contributed by atoms with Crippen LogP contribution in [0.15, 0.2) is 84.9 Å². The summed E-state index contributed by atoms with van der Waals surface area (Å²) < 4.78 is 0. The lowest BCUT2D eigenvalue weighted by Crippen LogP contribution is -2.12. The molecule has 0 bridgehead atoms. The molecule has 32 heavy (non-hydrogen) atoms. The summed E-state index contributed by atoms with van der Waals surface area (Å²) in [6, 6.07) is 28.6. The highest BCUT2D eigenvalue weighted by Crippen LogP contribution is 2.34. The van der Waals surface area contributed by atoms with Crippen molar-refractivity contribution >= 4 is 45.8 Å². The van der Waals surface area contributed by atoms with Crippen LogP contribution in [0.3, 0.4) is 0 Å². The van der Waals surface area contributed by atoms with E-state index in [1.807, 2.05) is 74.8 Å². The summed E-state index contributed by atoms with van der Waals surface area (Å²) in [6.07, 6.45) is 0. The number of nitrogens with zero attached hydrogens (tertiary/aromatic N) is 7. The first kappa shape index (κ1) is 20.0. The average molecular weight is 442 g/mol. The Bertz CT molecular complexity index is 1310. The summed E-state index contributed by atoms with van der Waals surface area (Å²) in [6.45, 7) is 0. The van der Waals surface area contributed by atoms with Crippen molar-refractivity contribution in [2.45, 2.75) is 0 Å². The van der Waals surface area contributed by atoms with Gasteiger partial charge in [-0.25, -0.2) is 0 Å². The van der Waals surface area contributed by atoms with Gasteiger partial charge in [0.05, 0.1) is 5.69 Å². The predicted molar refractivity (Wildman–Crippen MR) is 128 cm³/mol. The standard InChI is InChI=1S/C24H20ClN7/c1-30(2)24-26-22(25)21-23(27-24)29-32(28-21)20-15-13-19(14-16-20)31(17-9-5-3-6-10-17)18-11-7-4-8-12-18/h3-16H,1-2H3. The summed E-state index contributed by atoms with van der Waals surface area (Å²) in [5, 5.41) is 9.28. The van der Waals surface area contributed by atoms with Gasteiger partial charge in [-0.2, -0.15) is 9.97 Å². The van der Waals surface area contributed by atoms with Crippen molar-refractivity contribution in [1.29, 1.82) is 0 Å². The molecule has 0 N–H and O–H groups in total. The summed E-state index contributed by atoms with van der Waals surface area (Å²) in [4.78, 5) is 14.2. The smallest absolute Gasteiger partial charge is 0.228 e. The topological polar surface area (TPSA) is 63.0 Å². The molecule has 5 aromatic rings. The minimum atomic E-state index is 0.279. The van der Waals surface area contributed by atoms with Crippen LogP contribution in [0.25, 0.3) is 16.9 Å². The molecule has 0 aliphatic heterocycles. The molecule has 0 atom stereocenters. The average Bonchev–Trinajstić information content (AvgIpc) is 3.26. The van der Waals surface area contributed by atoms with Crippen LogP contribution >= 0.6 is 11.6 Å². The fourth-order valence-electron chi connectivity index (χ4n) is 3.42. The van der Waals surface area contributed by atoms with Crippen LogP contribution in [0, 0.1) is 0 Å². The van der Waals surface area contributed by atoms with E-state index in [0.29, 0.717) is 17.1 Å². The maximum Gasteiger partial charge on any atom is 0.228 e. The molecule has 0 amide bonds. The Hall–Kier alpha value is -3.97. The Kier molecular flexibility index (Phi) is 5.17. The number of rotatable bonds is 5. The van der Waals surface area contributed by atoms with Crippen LogP contribution < -0.4 is 9.80 Å². The Labute approximate surface area is 190 Å². The normalized spacial score (nSPS) is 11.0. The monoisotopic (exact) mass is 441 g/mol. The van der Waals surface area contributed by atoms with Gasteiger partial charge in [-0.15, -0.1) is 15.0 Å². The van der Waals surface area contributed by atoms with Crippen LogP contribution in [-0.2, 0) is 0 Å². The van der Waals surface area contributed by atoms with E-state index < -0.39 is 0 Å². The van der Waals surface area contributed by atoms with Gasteiger partial charge >= 0.3 is 0 Å².